The van der Waals surface area contributed by atoms with Crippen LogP contribution in [0.25, 0.3) is 0 Å². The van der Waals surface area contributed by atoms with E-state index >= 15 is 0 Å². The number of rotatable bonds is 42. The van der Waals surface area contributed by atoms with Gasteiger partial charge in [-0.25, -0.2) is 0 Å². The Hall–Kier alpha value is -4.19. The number of allylic oxidation sites excluding steroid dienone is 20. The molecule has 6 nitrogen and oxygen atoms in total. The van der Waals surface area contributed by atoms with Gasteiger partial charge in [-0.05, 0) is 77.0 Å². The predicted octanol–water partition coefficient (Wildman–Crippen LogP) is 16.1. The van der Waals surface area contributed by atoms with Crippen molar-refractivity contribution in [2.45, 2.75) is 200 Å². The van der Waals surface area contributed by atoms with Gasteiger partial charge in [-0.1, -0.05) is 219 Å². The summed E-state index contributed by atoms with van der Waals surface area (Å²) >= 11 is 0. The minimum absolute atomic E-state index is 0.123. The molecule has 1 atom stereocenters. The lowest BCUT2D eigenvalue weighted by Crippen LogP contribution is -2.30. The van der Waals surface area contributed by atoms with E-state index in [9.17, 15) is 14.4 Å². The Labute approximate surface area is 380 Å². The van der Waals surface area contributed by atoms with Crippen molar-refractivity contribution in [2.24, 2.45) is 0 Å². The van der Waals surface area contributed by atoms with E-state index in [1.165, 1.54) is 64.2 Å². The number of carbonyl (C=O) groups is 3. The average Bonchev–Trinajstić information content (AvgIpc) is 3.27. The lowest BCUT2D eigenvalue weighted by molar-refractivity contribution is -0.167. The summed E-state index contributed by atoms with van der Waals surface area (Å²) < 4.78 is 16.7. The molecule has 0 heterocycles. The second-order valence-electron chi connectivity index (χ2n) is 15.8. The molecule has 0 spiro atoms. The Morgan fingerprint density at radius 1 is 0.339 bits per heavy atom. The molecule has 348 valence electrons. The van der Waals surface area contributed by atoms with Gasteiger partial charge in [0.25, 0.3) is 0 Å². The molecule has 0 amide bonds. The van der Waals surface area contributed by atoms with Gasteiger partial charge in [-0.2, -0.15) is 0 Å². The van der Waals surface area contributed by atoms with E-state index in [4.69, 9.17) is 14.2 Å². The fraction of sp³-hybridized carbons (Fsp3) is 0.589. The minimum Gasteiger partial charge on any atom is -0.462 e. The average molecular weight is 857 g/mol. The maximum Gasteiger partial charge on any atom is 0.306 e. The van der Waals surface area contributed by atoms with Crippen molar-refractivity contribution in [2.75, 3.05) is 13.2 Å². The number of hydrogen-bond acceptors (Lipinski definition) is 6. The van der Waals surface area contributed by atoms with Crippen molar-refractivity contribution in [3.05, 3.63) is 122 Å². The van der Waals surface area contributed by atoms with E-state index in [1.54, 1.807) is 0 Å². The molecule has 1 unspecified atom stereocenters. The first-order chi connectivity index (χ1) is 30.5. The second kappa shape index (κ2) is 49.5. The van der Waals surface area contributed by atoms with Gasteiger partial charge in [0.15, 0.2) is 6.10 Å². The zero-order valence-electron chi connectivity index (χ0n) is 39.6. The smallest absolute Gasteiger partial charge is 0.306 e. The first-order valence-electron chi connectivity index (χ1n) is 24.7. The summed E-state index contributed by atoms with van der Waals surface area (Å²) in [7, 11) is 0. The van der Waals surface area contributed by atoms with Crippen LogP contribution in [0.3, 0.4) is 0 Å². The predicted molar refractivity (Wildman–Crippen MR) is 265 cm³/mol. The highest BCUT2D eigenvalue weighted by molar-refractivity contribution is 5.71. The fourth-order valence-corrected chi connectivity index (χ4v) is 6.23. The molecule has 0 aromatic carbocycles. The Bertz CT molecular complexity index is 1350. The van der Waals surface area contributed by atoms with Crippen LogP contribution in [0.5, 0.6) is 0 Å². The molecule has 0 N–H and O–H groups in total. The molecule has 0 aliphatic carbocycles. The Kier molecular flexibility index (Phi) is 46.1. The van der Waals surface area contributed by atoms with E-state index in [2.05, 4.69) is 87.6 Å². The lowest BCUT2D eigenvalue weighted by atomic mass is 10.1. The largest absolute Gasteiger partial charge is 0.462 e. The molecule has 62 heavy (non-hydrogen) atoms. The van der Waals surface area contributed by atoms with Crippen molar-refractivity contribution in [3.63, 3.8) is 0 Å². The van der Waals surface area contributed by atoms with Crippen LogP contribution in [0.4, 0.5) is 0 Å². The number of hydrogen-bond donors (Lipinski definition) is 0. The van der Waals surface area contributed by atoms with Gasteiger partial charge in [0.2, 0.25) is 0 Å². The van der Waals surface area contributed by atoms with Crippen LogP contribution in [-0.2, 0) is 28.6 Å². The number of carbonyl (C=O) groups excluding carboxylic acids is 3. The number of unbranched alkanes of at least 4 members (excludes halogenated alkanes) is 18. The molecular formula is C56H88O6. The van der Waals surface area contributed by atoms with Crippen LogP contribution in [0.15, 0.2) is 122 Å². The molecule has 0 aliphatic rings. The third-order valence-electron chi connectivity index (χ3n) is 9.90. The molecule has 0 aromatic rings. The van der Waals surface area contributed by atoms with E-state index < -0.39 is 6.10 Å². The highest BCUT2D eigenvalue weighted by Crippen LogP contribution is 2.13. The van der Waals surface area contributed by atoms with Crippen LogP contribution < -0.4 is 0 Å². The van der Waals surface area contributed by atoms with Crippen molar-refractivity contribution in [1.82, 2.24) is 0 Å². The highest BCUT2D eigenvalue weighted by atomic mass is 16.6. The molecule has 0 aliphatic heterocycles. The third kappa shape index (κ3) is 46.9. The summed E-state index contributed by atoms with van der Waals surface area (Å²) in [6.07, 6.45) is 67.6. The minimum atomic E-state index is -0.827. The van der Waals surface area contributed by atoms with Crippen LogP contribution in [-0.4, -0.2) is 37.2 Å². The van der Waals surface area contributed by atoms with Gasteiger partial charge in [-0.3, -0.25) is 14.4 Å². The number of ether oxygens (including phenoxy) is 3. The topological polar surface area (TPSA) is 78.9 Å². The molecule has 0 saturated heterocycles. The van der Waals surface area contributed by atoms with Crippen molar-refractivity contribution < 1.29 is 28.6 Å². The summed E-state index contributed by atoms with van der Waals surface area (Å²) in [5.41, 5.74) is 0. The first kappa shape index (κ1) is 57.8. The van der Waals surface area contributed by atoms with E-state index in [-0.39, 0.29) is 44.0 Å². The van der Waals surface area contributed by atoms with Crippen molar-refractivity contribution in [3.8, 4) is 0 Å². The fourth-order valence-electron chi connectivity index (χ4n) is 6.23. The van der Waals surface area contributed by atoms with Crippen LogP contribution >= 0.6 is 0 Å². The zero-order chi connectivity index (χ0) is 45.1. The molecule has 0 fully saturated rings. The monoisotopic (exact) mass is 857 g/mol. The molecule has 0 bridgehead atoms. The van der Waals surface area contributed by atoms with Crippen molar-refractivity contribution in [1.29, 1.82) is 0 Å². The normalized spacial score (nSPS) is 13.1. The SMILES string of the molecule is CC\C=C/C=C\C=C/C=C\C=C/CCCC(=O)OCC(COC(=O)CCCCC/C=C\C=C/CCCCCCCCC)OC(=O)CCCCCCCCC\C=C/C=C\C=C/CC. The molecule has 0 rings (SSSR count). The summed E-state index contributed by atoms with van der Waals surface area (Å²) in [4.78, 5) is 37.9. The number of esters is 3. The van der Waals surface area contributed by atoms with Gasteiger partial charge < -0.3 is 14.2 Å². The molecular weight excluding hydrogens is 769 g/mol. The summed E-state index contributed by atoms with van der Waals surface area (Å²) in [6, 6.07) is 0. The third-order valence-corrected chi connectivity index (χ3v) is 9.90. The molecule has 0 saturated carbocycles. The highest BCUT2D eigenvalue weighted by Gasteiger charge is 2.19. The van der Waals surface area contributed by atoms with Crippen LogP contribution in [0, 0.1) is 0 Å². The van der Waals surface area contributed by atoms with Gasteiger partial charge >= 0.3 is 17.9 Å². The summed E-state index contributed by atoms with van der Waals surface area (Å²) in [5.74, 6) is -1.05. The first-order valence-corrected chi connectivity index (χ1v) is 24.7. The molecule has 0 radical (unpaired) electrons. The standard InChI is InChI=1S/C56H88O6/c1-4-7-10-13-16-19-22-25-27-29-31-34-37-40-43-46-49-55(58)61-52-53(51-60-54(57)48-45-42-39-36-33-30-24-21-18-15-12-9-6-3)62-56(59)50-47-44-41-38-35-32-28-26-23-20-17-14-11-8-5-2/h8-9,11-12,14-15,17-18,20-21,23-24,27,29-31,33-34,36,39,53H,4-7,10,13,16,19,22,25-26,28,32,35,37-38,40-52H2,1-3H3/b11-8-,12-9-,17-14-,18-15-,23-20-,24-21-,29-27-,33-30-,34-31-,39-36-. The van der Waals surface area contributed by atoms with Gasteiger partial charge in [0.05, 0.1) is 0 Å². The Morgan fingerprint density at radius 3 is 1.08 bits per heavy atom. The van der Waals surface area contributed by atoms with Gasteiger partial charge in [-0.15, -0.1) is 0 Å². The summed E-state index contributed by atoms with van der Waals surface area (Å²) in [6.45, 7) is 6.24. The lowest BCUT2D eigenvalue weighted by Gasteiger charge is -2.18. The zero-order valence-corrected chi connectivity index (χ0v) is 39.6. The van der Waals surface area contributed by atoms with E-state index in [1.807, 2.05) is 54.7 Å². The van der Waals surface area contributed by atoms with Gasteiger partial charge in [0, 0.05) is 19.3 Å². The van der Waals surface area contributed by atoms with E-state index in [0.717, 1.165) is 83.5 Å². The van der Waals surface area contributed by atoms with Crippen LogP contribution in [0.1, 0.15) is 194 Å². The van der Waals surface area contributed by atoms with E-state index in [0.29, 0.717) is 12.8 Å². The molecule has 0 aromatic heterocycles. The maximum absolute atomic E-state index is 12.8. The summed E-state index contributed by atoms with van der Waals surface area (Å²) in [5, 5.41) is 0. The quantitative estimate of drug-likeness (QED) is 0.0263. The van der Waals surface area contributed by atoms with Crippen LogP contribution in [0.2, 0.25) is 0 Å². The maximum atomic E-state index is 12.8. The van der Waals surface area contributed by atoms with Gasteiger partial charge in [0.1, 0.15) is 13.2 Å². The van der Waals surface area contributed by atoms with Crippen molar-refractivity contribution >= 4 is 17.9 Å². The molecule has 6 heteroatoms. The Balaban J connectivity index is 4.57. The second-order valence-corrected chi connectivity index (χ2v) is 15.8. The Morgan fingerprint density at radius 2 is 0.645 bits per heavy atom.